The molecule has 0 atom stereocenters. The Bertz CT molecular complexity index is 974. The van der Waals surface area contributed by atoms with Crippen molar-refractivity contribution in [3.8, 4) is 28.9 Å². The van der Waals surface area contributed by atoms with Crippen molar-refractivity contribution in [3.05, 3.63) is 59.7 Å². The van der Waals surface area contributed by atoms with E-state index in [1.807, 2.05) is 6.07 Å². The molecule has 0 amide bonds. The molecule has 2 aromatic heterocycles. The highest BCUT2D eigenvalue weighted by Crippen LogP contribution is 2.31. The number of benzene rings is 1. The molecule has 3 aromatic rings. The quantitative estimate of drug-likeness (QED) is 0.765. The number of carboxylic acids is 1. The minimum absolute atomic E-state index is 0.310. The van der Waals surface area contributed by atoms with E-state index in [2.05, 4.69) is 10.1 Å². The summed E-state index contributed by atoms with van der Waals surface area (Å²) in [4.78, 5) is 14.5. The van der Waals surface area contributed by atoms with Crippen molar-refractivity contribution in [1.29, 1.82) is 5.26 Å². The fourth-order valence-electron chi connectivity index (χ4n) is 2.13. The maximum absolute atomic E-state index is 14.1. The van der Waals surface area contributed by atoms with Crippen LogP contribution in [0.2, 0.25) is 0 Å². The number of aromatic carboxylic acids is 1. The van der Waals surface area contributed by atoms with Crippen molar-refractivity contribution in [2.45, 2.75) is 0 Å². The molecule has 0 aliphatic carbocycles. The van der Waals surface area contributed by atoms with Crippen molar-refractivity contribution in [1.82, 2.24) is 14.8 Å². The molecule has 0 saturated carbocycles. The van der Waals surface area contributed by atoms with Gasteiger partial charge in [-0.25, -0.2) is 14.2 Å². The van der Waals surface area contributed by atoms with Gasteiger partial charge in [0, 0.05) is 6.20 Å². The van der Waals surface area contributed by atoms with Gasteiger partial charge in [0.2, 0.25) is 5.88 Å². The normalized spacial score (nSPS) is 10.3. The number of aromatic hydroxyl groups is 1. The second-order valence-corrected chi connectivity index (χ2v) is 4.82. The fourth-order valence-corrected chi connectivity index (χ4v) is 2.13. The summed E-state index contributed by atoms with van der Waals surface area (Å²) >= 11 is 0. The molecule has 2 heterocycles. The average Bonchev–Trinajstić information content (AvgIpc) is 2.96. The fraction of sp³-hybridized carbons (Fsp3) is 0. The second kappa shape index (κ2) is 5.81. The van der Waals surface area contributed by atoms with E-state index in [4.69, 9.17) is 10.4 Å². The minimum Gasteiger partial charge on any atom is -0.493 e. The molecule has 118 valence electrons. The number of nitrogens with zero attached hydrogens (tertiary/aromatic N) is 4. The standard InChI is InChI=1S/C16H9FN4O3/c17-13-5-11(16(23)24)7-19-14(13)21-15(22)12(8-20-21)10-3-1-9(6-18)2-4-10/h1-5,7-8,22H,(H,23,24). The summed E-state index contributed by atoms with van der Waals surface area (Å²) in [5.74, 6) is -2.91. The third kappa shape index (κ3) is 2.55. The Morgan fingerprint density at radius 3 is 2.54 bits per heavy atom. The molecule has 0 bridgehead atoms. The van der Waals surface area contributed by atoms with Crippen molar-refractivity contribution in [3.63, 3.8) is 0 Å². The van der Waals surface area contributed by atoms with Crippen LogP contribution in [0.25, 0.3) is 16.9 Å². The van der Waals surface area contributed by atoms with E-state index >= 15 is 0 Å². The van der Waals surface area contributed by atoms with Crippen molar-refractivity contribution < 1.29 is 19.4 Å². The zero-order valence-corrected chi connectivity index (χ0v) is 12.0. The van der Waals surface area contributed by atoms with Gasteiger partial charge < -0.3 is 10.2 Å². The van der Waals surface area contributed by atoms with E-state index < -0.39 is 11.8 Å². The molecule has 0 spiro atoms. The van der Waals surface area contributed by atoms with Gasteiger partial charge in [-0.15, -0.1) is 0 Å². The predicted octanol–water partition coefficient (Wildman–Crippen LogP) is 2.35. The zero-order valence-electron chi connectivity index (χ0n) is 12.0. The van der Waals surface area contributed by atoms with E-state index in [1.165, 1.54) is 6.20 Å². The van der Waals surface area contributed by atoms with Crippen molar-refractivity contribution in [2.75, 3.05) is 0 Å². The minimum atomic E-state index is -1.31. The van der Waals surface area contributed by atoms with Gasteiger partial charge >= 0.3 is 5.97 Å². The molecule has 24 heavy (non-hydrogen) atoms. The highest BCUT2D eigenvalue weighted by atomic mass is 19.1. The Kier molecular flexibility index (Phi) is 3.67. The van der Waals surface area contributed by atoms with Crippen molar-refractivity contribution in [2.24, 2.45) is 0 Å². The molecule has 0 radical (unpaired) electrons. The van der Waals surface area contributed by atoms with Gasteiger partial charge in [-0.05, 0) is 23.8 Å². The number of aromatic nitrogens is 3. The van der Waals surface area contributed by atoms with Crippen LogP contribution in [-0.4, -0.2) is 30.9 Å². The van der Waals surface area contributed by atoms with E-state index in [0.717, 1.165) is 16.9 Å². The first kappa shape index (κ1) is 15.2. The SMILES string of the molecule is N#Cc1ccc(-c2cnn(-c3ncc(C(=O)O)cc3F)c2O)cc1. The molecule has 3 rings (SSSR count). The monoisotopic (exact) mass is 324 g/mol. The summed E-state index contributed by atoms with van der Waals surface area (Å²) < 4.78 is 14.9. The van der Waals surface area contributed by atoms with Crippen LogP contribution in [0.1, 0.15) is 15.9 Å². The Balaban J connectivity index is 2.04. The molecular weight excluding hydrogens is 315 g/mol. The van der Waals surface area contributed by atoms with Gasteiger partial charge in [0.05, 0.1) is 29.0 Å². The van der Waals surface area contributed by atoms with Gasteiger partial charge in [0.15, 0.2) is 11.6 Å². The first-order chi connectivity index (χ1) is 11.5. The molecule has 0 aliphatic rings. The number of nitriles is 1. The van der Waals surface area contributed by atoms with Crippen molar-refractivity contribution >= 4 is 5.97 Å². The van der Waals surface area contributed by atoms with Crippen LogP contribution in [0.5, 0.6) is 5.88 Å². The summed E-state index contributed by atoms with van der Waals surface area (Å²) in [5, 5.41) is 31.8. The van der Waals surface area contributed by atoms with Gasteiger partial charge in [-0.2, -0.15) is 15.0 Å². The van der Waals surface area contributed by atoms with Crippen LogP contribution in [0.15, 0.2) is 42.7 Å². The lowest BCUT2D eigenvalue weighted by molar-refractivity contribution is 0.0696. The summed E-state index contributed by atoms with van der Waals surface area (Å²) in [6.07, 6.45) is 2.30. The maximum atomic E-state index is 14.1. The highest BCUT2D eigenvalue weighted by molar-refractivity contribution is 5.87. The smallest absolute Gasteiger partial charge is 0.337 e. The van der Waals surface area contributed by atoms with Gasteiger partial charge in [0.1, 0.15) is 0 Å². The highest BCUT2D eigenvalue weighted by Gasteiger charge is 2.18. The molecular formula is C16H9FN4O3. The van der Waals surface area contributed by atoms with E-state index in [9.17, 15) is 14.3 Å². The molecule has 0 aliphatic heterocycles. The Morgan fingerprint density at radius 1 is 1.25 bits per heavy atom. The summed E-state index contributed by atoms with van der Waals surface area (Å²) in [6, 6.07) is 9.18. The van der Waals surface area contributed by atoms with Crippen LogP contribution >= 0.6 is 0 Å². The van der Waals surface area contributed by atoms with Gasteiger partial charge in [-0.1, -0.05) is 12.1 Å². The summed E-state index contributed by atoms with van der Waals surface area (Å²) in [6.45, 7) is 0. The second-order valence-electron chi connectivity index (χ2n) is 4.82. The Labute approximate surface area is 134 Å². The largest absolute Gasteiger partial charge is 0.493 e. The zero-order chi connectivity index (χ0) is 17.3. The lowest BCUT2D eigenvalue weighted by Gasteiger charge is -2.05. The van der Waals surface area contributed by atoms with Gasteiger partial charge in [0.25, 0.3) is 0 Å². The summed E-state index contributed by atoms with van der Waals surface area (Å²) in [7, 11) is 0. The van der Waals surface area contributed by atoms with Gasteiger partial charge in [-0.3, -0.25) is 0 Å². The predicted molar refractivity (Wildman–Crippen MR) is 80.1 cm³/mol. The van der Waals surface area contributed by atoms with Crippen LogP contribution in [-0.2, 0) is 0 Å². The maximum Gasteiger partial charge on any atom is 0.337 e. The van der Waals surface area contributed by atoms with E-state index in [1.54, 1.807) is 24.3 Å². The molecule has 7 nitrogen and oxygen atoms in total. The topological polar surface area (TPSA) is 112 Å². The number of hydrogen-bond acceptors (Lipinski definition) is 5. The van der Waals surface area contributed by atoms with Crippen LogP contribution in [0.3, 0.4) is 0 Å². The molecule has 2 N–H and O–H groups in total. The Hall–Kier alpha value is -3.73. The molecule has 0 unspecified atom stereocenters. The number of carbonyl (C=O) groups is 1. The molecule has 8 heteroatoms. The first-order valence-electron chi connectivity index (χ1n) is 6.68. The number of hydrogen-bond donors (Lipinski definition) is 2. The van der Waals surface area contributed by atoms with Crippen LogP contribution in [0, 0.1) is 17.1 Å². The molecule has 0 saturated heterocycles. The molecule has 1 aromatic carbocycles. The van der Waals surface area contributed by atoms with Crippen LogP contribution < -0.4 is 0 Å². The Morgan fingerprint density at radius 2 is 1.96 bits per heavy atom. The first-order valence-corrected chi connectivity index (χ1v) is 6.68. The lowest BCUT2D eigenvalue weighted by atomic mass is 10.1. The van der Waals surface area contributed by atoms with E-state index in [0.29, 0.717) is 16.7 Å². The lowest BCUT2D eigenvalue weighted by Crippen LogP contribution is -2.06. The third-order valence-electron chi connectivity index (χ3n) is 3.34. The number of rotatable bonds is 3. The average molecular weight is 324 g/mol. The van der Waals surface area contributed by atoms with E-state index in [-0.39, 0.29) is 17.3 Å². The number of pyridine rings is 1. The number of carboxylic acid groups (broad SMARTS) is 1. The number of halogens is 1. The van der Waals surface area contributed by atoms with Crippen LogP contribution in [0.4, 0.5) is 4.39 Å². The third-order valence-corrected chi connectivity index (χ3v) is 3.34. The summed E-state index contributed by atoms with van der Waals surface area (Å²) in [5.41, 5.74) is 1.06. The molecule has 0 fully saturated rings.